The van der Waals surface area contributed by atoms with Gasteiger partial charge in [0.1, 0.15) is 0 Å². The standard InChI is InChI=1S/C16H17NO3S/c1-4-8-17-11(3)14(16(19)20-5-2)13(15(17)18)10-12-7-6-9-21-12/h4,6-7,9-10H,1,5,8H2,2-3H3. The summed E-state index contributed by atoms with van der Waals surface area (Å²) in [5.74, 6) is -0.651. The largest absolute Gasteiger partial charge is 0.462 e. The van der Waals surface area contributed by atoms with Gasteiger partial charge in [0, 0.05) is 17.1 Å². The number of hydrogen-bond acceptors (Lipinski definition) is 4. The molecule has 4 nitrogen and oxygen atoms in total. The van der Waals surface area contributed by atoms with Gasteiger partial charge in [-0.05, 0) is 31.4 Å². The Morgan fingerprint density at radius 3 is 2.86 bits per heavy atom. The van der Waals surface area contributed by atoms with Gasteiger partial charge < -0.3 is 9.64 Å². The third-order valence-electron chi connectivity index (χ3n) is 3.13. The summed E-state index contributed by atoms with van der Waals surface area (Å²) in [6.07, 6.45) is 3.38. The maximum Gasteiger partial charge on any atom is 0.340 e. The van der Waals surface area contributed by atoms with Gasteiger partial charge in [0.2, 0.25) is 0 Å². The Morgan fingerprint density at radius 2 is 2.29 bits per heavy atom. The summed E-state index contributed by atoms with van der Waals surface area (Å²) in [6, 6.07) is 3.80. The third kappa shape index (κ3) is 2.97. The minimum Gasteiger partial charge on any atom is -0.462 e. The van der Waals surface area contributed by atoms with Crippen molar-refractivity contribution in [1.29, 1.82) is 0 Å². The Balaban J connectivity index is 2.48. The zero-order valence-electron chi connectivity index (χ0n) is 12.1. The van der Waals surface area contributed by atoms with E-state index in [1.54, 1.807) is 30.9 Å². The lowest BCUT2D eigenvalue weighted by Gasteiger charge is -2.14. The number of esters is 1. The molecule has 0 N–H and O–H groups in total. The van der Waals surface area contributed by atoms with Crippen molar-refractivity contribution in [2.75, 3.05) is 13.2 Å². The molecule has 0 radical (unpaired) electrons. The van der Waals surface area contributed by atoms with Crippen LogP contribution in [-0.4, -0.2) is 29.9 Å². The average Bonchev–Trinajstić information content (AvgIpc) is 3.03. The van der Waals surface area contributed by atoms with E-state index >= 15 is 0 Å². The van der Waals surface area contributed by atoms with Crippen molar-refractivity contribution < 1.29 is 14.3 Å². The van der Waals surface area contributed by atoms with E-state index in [1.807, 2.05) is 17.5 Å². The Hall–Kier alpha value is -2.14. The number of thiophene rings is 1. The van der Waals surface area contributed by atoms with Crippen LogP contribution in [0.2, 0.25) is 0 Å². The van der Waals surface area contributed by atoms with Crippen molar-refractivity contribution in [3.8, 4) is 0 Å². The summed E-state index contributed by atoms with van der Waals surface area (Å²) in [5.41, 5.74) is 1.34. The number of carbonyl (C=O) groups is 2. The number of allylic oxidation sites excluding steroid dienone is 1. The van der Waals surface area contributed by atoms with E-state index in [0.717, 1.165) is 4.88 Å². The minimum atomic E-state index is -0.460. The van der Waals surface area contributed by atoms with Gasteiger partial charge in [-0.2, -0.15) is 0 Å². The van der Waals surface area contributed by atoms with Crippen LogP contribution in [0, 0.1) is 0 Å². The van der Waals surface area contributed by atoms with Gasteiger partial charge in [0.25, 0.3) is 5.91 Å². The molecule has 110 valence electrons. The molecule has 0 saturated heterocycles. The second kappa shape index (κ2) is 6.54. The molecule has 0 saturated carbocycles. The molecular weight excluding hydrogens is 286 g/mol. The van der Waals surface area contributed by atoms with Crippen molar-refractivity contribution in [3.05, 3.63) is 51.9 Å². The van der Waals surface area contributed by atoms with Crippen LogP contribution >= 0.6 is 11.3 Å². The average molecular weight is 303 g/mol. The van der Waals surface area contributed by atoms with E-state index in [1.165, 1.54) is 11.3 Å². The van der Waals surface area contributed by atoms with Crippen LogP contribution in [-0.2, 0) is 14.3 Å². The van der Waals surface area contributed by atoms with Crippen molar-refractivity contribution in [3.63, 3.8) is 0 Å². The molecule has 0 aromatic carbocycles. The van der Waals surface area contributed by atoms with Crippen molar-refractivity contribution in [2.45, 2.75) is 13.8 Å². The van der Waals surface area contributed by atoms with Gasteiger partial charge in [-0.3, -0.25) is 4.79 Å². The monoisotopic (exact) mass is 303 g/mol. The van der Waals surface area contributed by atoms with Crippen LogP contribution in [0.3, 0.4) is 0 Å². The van der Waals surface area contributed by atoms with Gasteiger partial charge in [-0.15, -0.1) is 17.9 Å². The second-order valence-electron chi connectivity index (χ2n) is 4.46. The number of hydrogen-bond donors (Lipinski definition) is 0. The van der Waals surface area contributed by atoms with Crippen LogP contribution in [0.5, 0.6) is 0 Å². The topological polar surface area (TPSA) is 46.6 Å². The van der Waals surface area contributed by atoms with Crippen LogP contribution in [0.25, 0.3) is 6.08 Å². The molecule has 0 fully saturated rings. The summed E-state index contributed by atoms with van der Waals surface area (Å²) in [7, 11) is 0. The minimum absolute atomic E-state index is 0.191. The molecule has 0 bridgehead atoms. The van der Waals surface area contributed by atoms with Crippen molar-refractivity contribution in [1.82, 2.24) is 4.90 Å². The highest BCUT2D eigenvalue weighted by molar-refractivity contribution is 7.10. The maximum atomic E-state index is 12.5. The van der Waals surface area contributed by atoms with E-state index in [4.69, 9.17) is 4.74 Å². The predicted octanol–water partition coefficient (Wildman–Crippen LogP) is 3.00. The fraction of sp³-hybridized carbons (Fsp3) is 0.250. The fourth-order valence-electron chi connectivity index (χ4n) is 2.19. The van der Waals surface area contributed by atoms with Gasteiger partial charge in [-0.1, -0.05) is 12.1 Å². The Bertz CT molecular complexity index is 626. The summed E-state index contributed by atoms with van der Waals surface area (Å²) >= 11 is 1.51. The Kier molecular flexibility index (Phi) is 4.75. The second-order valence-corrected chi connectivity index (χ2v) is 5.44. The first-order chi connectivity index (χ1) is 10.1. The molecule has 0 spiro atoms. The molecule has 0 atom stereocenters. The van der Waals surface area contributed by atoms with E-state index < -0.39 is 5.97 Å². The normalized spacial score (nSPS) is 16.8. The Labute approximate surface area is 128 Å². The highest BCUT2D eigenvalue weighted by atomic mass is 32.1. The van der Waals surface area contributed by atoms with Crippen LogP contribution in [0.1, 0.15) is 18.7 Å². The molecule has 1 aliphatic rings. The first-order valence-corrected chi connectivity index (χ1v) is 7.54. The number of ether oxygens (including phenoxy) is 1. The predicted molar refractivity (Wildman–Crippen MR) is 83.5 cm³/mol. The number of nitrogens with zero attached hydrogens (tertiary/aromatic N) is 1. The van der Waals surface area contributed by atoms with Crippen LogP contribution in [0.15, 0.2) is 47.0 Å². The number of amides is 1. The summed E-state index contributed by atoms with van der Waals surface area (Å²) in [6.45, 7) is 7.79. The molecule has 2 rings (SSSR count). The molecule has 0 aliphatic carbocycles. The number of rotatable bonds is 5. The van der Waals surface area contributed by atoms with Gasteiger partial charge in [-0.25, -0.2) is 4.79 Å². The lowest BCUT2D eigenvalue weighted by Crippen LogP contribution is -2.24. The quantitative estimate of drug-likeness (QED) is 0.477. The molecule has 0 unspecified atom stereocenters. The molecule has 1 aromatic heterocycles. The van der Waals surface area contributed by atoms with E-state index in [-0.39, 0.29) is 12.5 Å². The Morgan fingerprint density at radius 1 is 1.52 bits per heavy atom. The van der Waals surface area contributed by atoms with Crippen LogP contribution < -0.4 is 0 Å². The summed E-state index contributed by atoms with van der Waals surface area (Å²) in [4.78, 5) is 27.1. The van der Waals surface area contributed by atoms with Gasteiger partial charge in [0.15, 0.2) is 0 Å². The van der Waals surface area contributed by atoms with Crippen molar-refractivity contribution in [2.24, 2.45) is 0 Å². The van der Waals surface area contributed by atoms with Crippen molar-refractivity contribution >= 4 is 29.3 Å². The number of carbonyl (C=O) groups excluding carboxylic acids is 2. The fourth-order valence-corrected chi connectivity index (χ4v) is 2.85. The molecule has 1 aromatic rings. The van der Waals surface area contributed by atoms with E-state index in [9.17, 15) is 9.59 Å². The molecule has 1 amide bonds. The maximum absolute atomic E-state index is 12.5. The van der Waals surface area contributed by atoms with Crippen LogP contribution in [0.4, 0.5) is 0 Å². The first kappa shape index (κ1) is 15.3. The smallest absolute Gasteiger partial charge is 0.340 e. The summed E-state index contributed by atoms with van der Waals surface area (Å²) < 4.78 is 5.08. The molecule has 21 heavy (non-hydrogen) atoms. The zero-order chi connectivity index (χ0) is 15.4. The van der Waals surface area contributed by atoms with Gasteiger partial charge >= 0.3 is 5.97 Å². The molecular formula is C16H17NO3S. The third-order valence-corrected chi connectivity index (χ3v) is 3.95. The SMILES string of the molecule is C=CCN1C(=O)C(=Cc2cccs2)C(C(=O)OCC)=C1C. The summed E-state index contributed by atoms with van der Waals surface area (Å²) in [5, 5.41) is 1.92. The molecule has 1 aliphatic heterocycles. The first-order valence-electron chi connectivity index (χ1n) is 6.66. The van der Waals surface area contributed by atoms with Gasteiger partial charge in [0.05, 0.1) is 17.8 Å². The van der Waals surface area contributed by atoms with E-state index in [2.05, 4.69) is 6.58 Å². The zero-order valence-corrected chi connectivity index (χ0v) is 12.9. The van der Waals surface area contributed by atoms with E-state index in [0.29, 0.717) is 23.4 Å². The highest BCUT2D eigenvalue weighted by Gasteiger charge is 2.36. The lowest BCUT2D eigenvalue weighted by atomic mass is 10.1. The highest BCUT2D eigenvalue weighted by Crippen LogP contribution is 2.32. The molecule has 2 heterocycles. The lowest BCUT2D eigenvalue weighted by molar-refractivity contribution is -0.138. The molecule has 5 heteroatoms.